The van der Waals surface area contributed by atoms with E-state index in [0.29, 0.717) is 13.2 Å². The van der Waals surface area contributed by atoms with Gasteiger partial charge < -0.3 is 14.6 Å². The van der Waals surface area contributed by atoms with E-state index in [1.54, 1.807) is 13.3 Å². The summed E-state index contributed by atoms with van der Waals surface area (Å²) >= 11 is 0. The van der Waals surface area contributed by atoms with E-state index in [4.69, 9.17) is 4.74 Å². The molecule has 122 valence electrons. The monoisotopic (exact) mass is 313 g/mol. The van der Waals surface area contributed by atoms with Crippen LogP contribution in [0.2, 0.25) is 0 Å². The lowest BCUT2D eigenvalue weighted by molar-refractivity contribution is -0.140. The number of amides is 1. The lowest BCUT2D eigenvalue weighted by atomic mass is 9.68. The molecule has 23 heavy (non-hydrogen) atoms. The summed E-state index contributed by atoms with van der Waals surface area (Å²) in [4.78, 5) is 16.8. The molecule has 1 fully saturated rings. The molecule has 3 rings (SSSR count). The lowest BCUT2D eigenvalue weighted by Gasteiger charge is -2.39. The second-order valence-electron chi connectivity index (χ2n) is 6.22. The third-order valence-electron chi connectivity index (χ3n) is 4.73. The molecule has 1 amide bonds. The summed E-state index contributed by atoms with van der Waals surface area (Å²) < 4.78 is 7.28. The first-order chi connectivity index (χ1) is 11.2. The van der Waals surface area contributed by atoms with Gasteiger partial charge in [0, 0.05) is 26.0 Å². The van der Waals surface area contributed by atoms with Crippen LogP contribution in [0, 0.1) is 12.3 Å². The average Bonchev–Trinajstić information content (AvgIpc) is 2.94. The van der Waals surface area contributed by atoms with Crippen LogP contribution in [-0.2, 0) is 16.1 Å². The molecule has 1 aromatic heterocycles. The number of aryl methyl sites for hydroxylation is 1. The summed E-state index contributed by atoms with van der Waals surface area (Å²) in [6.07, 6.45) is 6.65. The van der Waals surface area contributed by atoms with E-state index in [0.717, 1.165) is 36.3 Å². The van der Waals surface area contributed by atoms with Gasteiger partial charge >= 0.3 is 0 Å². The van der Waals surface area contributed by atoms with Gasteiger partial charge in [0.25, 0.3) is 0 Å². The van der Waals surface area contributed by atoms with Crippen molar-refractivity contribution in [1.82, 2.24) is 14.9 Å². The molecular weight excluding hydrogens is 290 g/mol. The molecule has 1 aromatic carbocycles. The maximum Gasteiger partial charge on any atom is 0.228 e. The Kier molecular flexibility index (Phi) is 4.48. The van der Waals surface area contributed by atoms with Gasteiger partial charge in [-0.05, 0) is 31.4 Å². The molecule has 5 nitrogen and oxygen atoms in total. The standard InChI is InChI=1S/C18H23N3O2/c1-14-19-10-11-21(14)16-7-4-3-6-15(16)12-20-17(22)18(13-23-2)8-5-9-18/h3-4,6-7,10-11H,5,8-9,12-13H2,1-2H3,(H,20,22). The van der Waals surface area contributed by atoms with Gasteiger partial charge in [0.15, 0.2) is 0 Å². The maximum atomic E-state index is 12.6. The van der Waals surface area contributed by atoms with Crippen LogP contribution in [0.3, 0.4) is 0 Å². The van der Waals surface area contributed by atoms with Gasteiger partial charge in [-0.25, -0.2) is 4.98 Å². The second-order valence-corrected chi connectivity index (χ2v) is 6.22. The number of imidazole rings is 1. The first-order valence-electron chi connectivity index (χ1n) is 8.02. The van der Waals surface area contributed by atoms with Crippen molar-refractivity contribution in [2.45, 2.75) is 32.7 Å². The molecule has 1 saturated carbocycles. The van der Waals surface area contributed by atoms with Gasteiger partial charge in [0.05, 0.1) is 17.7 Å². The molecule has 0 saturated heterocycles. The third kappa shape index (κ3) is 3.01. The zero-order valence-corrected chi connectivity index (χ0v) is 13.7. The SMILES string of the molecule is COCC1(C(=O)NCc2ccccc2-n2ccnc2C)CCC1. The van der Waals surface area contributed by atoms with Crippen LogP contribution in [-0.4, -0.2) is 29.2 Å². The number of carbonyl (C=O) groups is 1. The highest BCUT2D eigenvalue weighted by Crippen LogP contribution is 2.41. The van der Waals surface area contributed by atoms with Gasteiger partial charge in [0.1, 0.15) is 5.82 Å². The van der Waals surface area contributed by atoms with E-state index in [9.17, 15) is 4.79 Å². The van der Waals surface area contributed by atoms with E-state index >= 15 is 0 Å². The predicted molar refractivity (Wildman–Crippen MR) is 88.3 cm³/mol. The van der Waals surface area contributed by atoms with Crippen LogP contribution in [0.5, 0.6) is 0 Å². The number of nitrogens with one attached hydrogen (secondary N) is 1. The van der Waals surface area contributed by atoms with Crippen molar-refractivity contribution in [2.24, 2.45) is 5.41 Å². The zero-order chi connectivity index (χ0) is 16.3. The number of nitrogens with zero attached hydrogens (tertiary/aromatic N) is 2. The Bertz CT molecular complexity index is 689. The van der Waals surface area contributed by atoms with Gasteiger partial charge in [-0.1, -0.05) is 24.6 Å². The fraction of sp³-hybridized carbons (Fsp3) is 0.444. The minimum Gasteiger partial charge on any atom is -0.384 e. The summed E-state index contributed by atoms with van der Waals surface area (Å²) in [5.41, 5.74) is 1.81. The van der Waals surface area contributed by atoms with Crippen LogP contribution in [0.4, 0.5) is 0 Å². The van der Waals surface area contributed by atoms with Crippen LogP contribution < -0.4 is 5.32 Å². The van der Waals surface area contributed by atoms with Gasteiger partial charge in [0.2, 0.25) is 5.91 Å². The van der Waals surface area contributed by atoms with E-state index in [-0.39, 0.29) is 11.3 Å². The Hall–Kier alpha value is -2.14. The molecule has 0 bridgehead atoms. The highest BCUT2D eigenvalue weighted by atomic mass is 16.5. The summed E-state index contributed by atoms with van der Waals surface area (Å²) in [6, 6.07) is 8.08. The number of aromatic nitrogens is 2. The molecule has 1 aliphatic rings. The molecule has 1 N–H and O–H groups in total. The Morgan fingerprint density at radius 3 is 2.78 bits per heavy atom. The Morgan fingerprint density at radius 2 is 2.17 bits per heavy atom. The fourth-order valence-corrected chi connectivity index (χ4v) is 3.21. The van der Waals surface area contributed by atoms with Crippen LogP contribution in [0.15, 0.2) is 36.7 Å². The number of hydrogen-bond acceptors (Lipinski definition) is 3. The number of para-hydroxylation sites is 1. The smallest absolute Gasteiger partial charge is 0.228 e. The van der Waals surface area contributed by atoms with Crippen molar-refractivity contribution in [3.05, 3.63) is 48.0 Å². The van der Waals surface area contributed by atoms with Gasteiger partial charge in [-0.2, -0.15) is 0 Å². The highest BCUT2D eigenvalue weighted by molar-refractivity contribution is 5.83. The molecule has 5 heteroatoms. The molecule has 0 spiro atoms. The number of benzene rings is 1. The Labute approximate surface area is 136 Å². The molecule has 2 aromatic rings. The minimum absolute atomic E-state index is 0.0998. The average molecular weight is 313 g/mol. The highest BCUT2D eigenvalue weighted by Gasteiger charge is 2.43. The first kappa shape index (κ1) is 15.7. The summed E-state index contributed by atoms with van der Waals surface area (Å²) in [7, 11) is 1.66. The molecule has 0 aliphatic heterocycles. The van der Waals surface area contributed by atoms with E-state index < -0.39 is 0 Å². The van der Waals surface area contributed by atoms with E-state index in [1.165, 1.54) is 0 Å². The van der Waals surface area contributed by atoms with Crippen molar-refractivity contribution >= 4 is 5.91 Å². The minimum atomic E-state index is -0.325. The third-order valence-corrected chi connectivity index (χ3v) is 4.73. The number of ether oxygens (including phenoxy) is 1. The topological polar surface area (TPSA) is 56.1 Å². The number of carbonyl (C=O) groups excluding carboxylic acids is 1. The van der Waals surface area contributed by atoms with Gasteiger partial charge in [-0.3, -0.25) is 4.79 Å². The Morgan fingerprint density at radius 1 is 1.39 bits per heavy atom. The Balaban J connectivity index is 1.74. The lowest BCUT2D eigenvalue weighted by Crippen LogP contribution is -2.48. The van der Waals surface area contributed by atoms with Crippen LogP contribution in [0.25, 0.3) is 5.69 Å². The molecule has 0 atom stereocenters. The van der Waals surface area contributed by atoms with Crippen molar-refractivity contribution in [3.63, 3.8) is 0 Å². The van der Waals surface area contributed by atoms with Gasteiger partial charge in [-0.15, -0.1) is 0 Å². The quantitative estimate of drug-likeness (QED) is 0.892. The second kappa shape index (κ2) is 6.54. The normalized spacial score (nSPS) is 15.9. The van der Waals surface area contributed by atoms with E-state index in [2.05, 4.69) is 10.3 Å². The molecular formula is C18H23N3O2. The predicted octanol–water partition coefficient (Wildman–Crippen LogP) is 2.61. The first-order valence-corrected chi connectivity index (χ1v) is 8.02. The van der Waals surface area contributed by atoms with Crippen LogP contribution in [0.1, 0.15) is 30.7 Å². The van der Waals surface area contributed by atoms with E-state index in [1.807, 2.05) is 42.0 Å². The summed E-state index contributed by atoms with van der Waals surface area (Å²) in [5.74, 6) is 1.03. The largest absolute Gasteiger partial charge is 0.384 e. The summed E-state index contributed by atoms with van der Waals surface area (Å²) in [6.45, 7) is 2.98. The molecule has 1 heterocycles. The van der Waals surface area contributed by atoms with Crippen molar-refractivity contribution in [3.8, 4) is 5.69 Å². The van der Waals surface area contributed by atoms with Crippen molar-refractivity contribution in [2.75, 3.05) is 13.7 Å². The number of methoxy groups -OCH3 is 1. The van der Waals surface area contributed by atoms with Crippen molar-refractivity contribution < 1.29 is 9.53 Å². The number of rotatable bonds is 6. The summed E-state index contributed by atoms with van der Waals surface area (Å²) in [5, 5.41) is 3.10. The fourth-order valence-electron chi connectivity index (χ4n) is 3.21. The number of hydrogen-bond donors (Lipinski definition) is 1. The maximum absolute atomic E-state index is 12.6. The van der Waals surface area contributed by atoms with Crippen LogP contribution >= 0.6 is 0 Å². The molecule has 0 radical (unpaired) electrons. The van der Waals surface area contributed by atoms with Crippen molar-refractivity contribution in [1.29, 1.82) is 0 Å². The molecule has 0 unspecified atom stereocenters. The zero-order valence-electron chi connectivity index (χ0n) is 13.7. The molecule has 1 aliphatic carbocycles.